The smallest absolute Gasteiger partial charge is 0.494 e. The molecule has 11 heteroatoms. The highest BCUT2D eigenvalue weighted by molar-refractivity contribution is 6.36. The minimum Gasteiger partial charge on any atom is -0.494 e. The zero-order chi connectivity index (χ0) is 26.9. The van der Waals surface area contributed by atoms with Crippen molar-refractivity contribution < 1.29 is 23.0 Å². The number of hydrogen-bond donors (Lipinski definition) is 1. The topological polar surface area (TPSA) is 77.5 Å². The molecule has 1 aliphatic heterocycles. The third kappa shape index (κ3) is 5.79. The zero-order valence-electron chi connectivity index (χ0n) is 20.1. The fourth-order valence-corrected chi connectivity index (χ4v) is 4.97. The molecule has 1 aliphatic rings. The van der Waals surface area contributed by atoms with Crippen LogP contribution in [-0.2, 0) is 13.1 Å². The number of piperazine rings is 1. The summed E-state index contributed by atoms with van der Waals surface area (Å²) in [5.41, 5.74) is 2.24. The molecule has 0 saturated carbocycles. The van der Waals surface area contributed by atoms with E-state index < -0.39 is 6.36 Å². The first kappa shape index (κ1) is 25.7. The Kier molecular flexibility index (Phi) is 7.06. The van der Waals surface area contributed by atoms with Crippen LogP contribution in [0.25, 0.3) is 10.8 Å². The van der Waals surface area contributed by atoms with Crippen LogP contribution in [0.5, 0.6) is 11.6 Å². The molecule has 0 unspecified atom stereocenters. The summed E-state index contributed by atoms with van der Waals surface area (Å²) in [6.07, 6.45) is -1.38. The average Bonchev–Trinajstić information content (AvgIpc) is 3.20. The number of rotatable bonds is 6. The molecule has 0 atom stereocenters. The second-order valence-corrected chi connectivity index (χ2v) is 9.50. The fourth-order valence-electron chi connectivity index (χ4n) is 4.63. The van der Waals surface area contributed by atoms with E-state index in [0.717, 1.165) is 42.9 Å². The van der Waals surface area contributed by atoms with Crippen molar-refractivity contribution in [2.45, 2.75) is 19.5 Å². The van der Waals surface area contributed by atoms with Gasteiger partial charge in [0.2, 0.25) is 5.88 Å². The maximum Gasteiger partial charge on any atom is 0.573 e. The Labute approximate surface area is 221 Å². The molecule has 0 aliphatic carbocycles. The van der Waals surface area contributed by atoms with E-state index in [-0.39, 0.29) is 18.2 Å². The number of aromatic nitrogens is 2. The van der Waals surface area contributed by atoms with E-state index in [9.17, 15) is 18.3 Å². The van der Waals surface area contributed by atoms with Crippen LogP contribution in [0.3, 0.4) is 0 Å². The molecular formula is C27H23ClF3N5O2. The lowest BCUT2D eigenvalue weighted by Crippen LogP contribution is -2.46. The predicted molar refractivity (Wildman–Crippen MR) is 137 cm³/mol. The molecule has 4 aromatic rings. The number of halogens is 4. The van der Waals surface area contributed by atoms with Gasteiger partial charge in [0.05, 0.1) is 22.5 Å². The van der Waals surface area contributed by atoms with E-state index in [1.165, 1.54) is 24.3 Å². The third-order valence-corrected chi connectivity index (χ3v) is 6.76. The lowest BCUT2D eigenvalue weighted by atomic mass is 10.1. The number of nitriles is 1. The van der Waals surface area contributed by atoms with Gasteiger partial charge in [0, 0.05) is 50.5 Å². The number of ether oxygens (including phenoxy) is 1. The summed E-state index contributed by atoms with van der Waals surface area (Å²) < 4.78 is 42.7. The molecule has 1 saturated heterocycles. The number of benzene rings is 2. The monoisotopic (exact) mass is 541 g/mol. The van der Waals surface area contributed by atoms with Crippen LogP contribution in [0.15, 0.2) is 60.9 Å². The first-order valence-corrected chi connectivity index (χ1v) is 12.2. The van der Waals surface area contributed by atoms with Gasteiger partial charge in [-0.3, -0.25) is 4.90 Å². The molecule has 5 rings (SSSR count). The molecule has 1 fully saturated rings. The van der Waals surface area contributed by atoms with E-state index >= 15 is 0 Å². The van der Waals surface area contributed by atoms with Crippen molar-refractivity contribution in [1.29, 1.82) is 5.26 Å². The standard InChI is InChI=1S/C27H23ClF3N5O2/c28-23-12-20(15-34-7-9-35(10-8-34)24-6-3-19(13-32)14-33-24)11-21-17-36(26(37)25(21)23)16-18-1-4-22(5-2-18)38-27(29,30)31/h1-6,11-12,14,17,37H,7-10,15-16H2. The largest absolute Gasteiger partial charge is 0.573 e. The Balaban J connectivity index is 1.25. The Morgan fingerprint density at radius 1 is 1.00 bits per heavy atom. The van der Waals surface area contributed by atoms with Crippen LogP contribution in [-0.4, -0.2) is 52.1 Å². The first-order chi connectivity index (χ1) is 18.2. The highest BCUT2D eigenvalue weighted by atomic mass is 35.5. The molecule has 2 aromatic carbocycles. The first-order valence-electron chi connectivity index (χ1n) is 11.9. The van der Waals surface area contributed by atoms with Crippen molar-refractivity contribution in [2.75, 3.05) is 31.1 Å². The average molecular weight is 542 g/mol. The van der Waals surface area contributed by atoms with Crippen LogP contribution in [0.1, 0.15) is 16.7 Å². The Morgan fingerprint density at radius 3 is 2.37 bits per heavy atom. The van der Waals surface area contributed by atoms with Gasteiger partial charge in [0.1, 0.15) is 17.6 Å². The summed E-state index contributed by atoms with van der Waals surface area (Å²) in [6.45, 7) is 4.22. The number of pyridine rings is 1. The molecular weight excluding hydrogens is 519 g/mol. The van der Waals surface area contributed by atoms with Crippen molar-refractivity contribution >= 4 is 28.2 Å². The molecule has 0 amide bonds. The Hall–Kier alpha value is -3.94. The lowest BCUT2D eigenvalue weighted by molar-refractivity contribution is -0.274. The van der Waals surface area contributed by atoms with Gasteiger partial charge in [-0.1, -0.05) is 23.7 Å². The number of alkyl halides is 3. The van der Waals surface area contributed by atoms with Crippen molar-refractivity contribution in [2.24, 2.45) is 0 Å². The Bertz CT molecular complexity index is 1470. The number of aromatic hydroxyl groups is 1. The summed E-state index contributed by atoms with van der Waals surface area (Å²) in [7, 11) is 0. The molecule has 0 radical (unpaired) electrons. The van der Waals surface area contributed by atoms with Crippen molar-refractivity contribution in [1.82, 2.24) is 14.5 Å². The van der Waals surface area contributed by atoms with E-state index in [0.29, 0.717) is 28.1 Å². The maximum absolute atomic E-state index is 12.4. The molecule has 0 spiro atoms. The maximum atomic E-state index is 12.4. The van der Waals surface area contributed by atoms with Gasteiger partial charge in [-0.05, 0) is 47.5 Å². The van der Waals surface area contributed by atoms with Gasteiger partial charge in [-0.25, -0.2) is 4.98 Å². The van der Waals surface area contributed by atoms with E-state index in [4.69, 9.17) is 16.9 Å². The van der Waals surface area contributed by atoms with Crippen molar-refractivity contribution in [3.05, 3.63) is 82.6 Å². The number of hydrogen-bond acceptors (Lipinski definition) is 6. The number of anilines is 1. The normalized spacial score (nSPS) is 14.6. The van der Waals surface area contributed by atoms with E-state index in [2.05, 4.69) is 25.6 Å². The van der Waals surface area contributed by atoms with Crippen molar-refractivity contribution in [3.63, 3.8) is 0 Å². The number of fused-ring (bicyclic) bond motifs is 1. The summed E-state index contributed by atoms with van der Waals surface area (Å²) in [4.78, 5) is 8.88. The Morgan fingerprint density at radius 2 is 1.74 bits per heavy atom. The van der Waals surface area contributed by atoms with Gasteiger partial charge in [-0.2, -0.15) is 5.26 Å². The molecule has 196 valence electrons. The van der Waals surface area contributed by atoms with Crippen LogP contribution in [0.2, 0.25) is 5.02 Å². The minimum absolute atomic E-state index is 0.00398. The fraction of sp³-hybridized carbons (Fsp3) is 0.259. The zero-order valence-corrected chi connectivity index (χ0v) is 20.9. The highest BCUT2D eigenvalue weighted by Crippen LogP contribution is 2.35. The van der Waals surface area contributed by atoms with E-state index in [1.54, 1.807) is 23.0 Å². The highest BCUT2D eigenvalue weighted by Gasteiger charge is 2.31. The SMILES string of the molecule is N#Cc1ccc(N2CCN(Cc3cc(Cl)c4c(O)n(Cc5ccc(OC(F)(F)F)cc5)cc4c3)CC2)nc1. The van der Waals surface area contributed by atoms with Crippen LogP contribution < -0.4 is 9.64 Å². The predicted octanol–water partition coefficient (Wildman–Crippen LogP) is 5.54. The van der Waals surface area contributed by atoms with Gasteiger partial charge in [-0.15, -0.1) is 13.2 Å². The van der Waals surface area contributed by atoms with Gasteiger partial charge in [0.25, 0.3) is 0 Å². The van der Waals surface area contributed by atoms with Crippen LogP contribution in [0.4, 0.5) is 19.0 Å². The van der Waals surface area contributed by atoms with Gasteiger partial charge < -0.3 is 19.3 Å². The summed E-state index contributed by atoms with van der Waals surface area (Å²) in [5.74, 6) is 0.549. The summed E-state index contributed by atoms with van der Waals surface area (Å²) in [6, 6.07) is 15.1. The third-order valence-electron chi connectivity index (χ3n) is 6.46. The minimum atomic E-state index is -4.75. The second kappa shape index (κ2) is 10.4. The lowest BCUT2D eigenvalue weighted by Gasteiger charge is -2.35. The molecule has 38 heavy (non-hydrogen) atoms. The summed E-state index contributed by atoms with van der Waals surface area (Å²) in [5, 5.41) is 21.5. The molecule has 7 nitrogen and oxygen atoms in total. The van der Waals surface area contributed by atoms with Gasteiger partial charge in [0.15, 0.2) is 0 Å². The van der Waals surface area contributed by atoms with E-state index in [1.807, 2.05) is 18.2 Å². The van der Waals surface area contributed by atoms with Crippen molar-refractivity contribution in [3.8, 4) is 17.7 Å². The quantitative estimate of drug-likeness (QED) is 0.345. The molecule has 2 aromatic heterocycles. The second-order valence-electron chi connectivity index (χ2n) is 9.09. The summed E-state index contributed by atoms with van der Waals surface area (Å²) >= 11 is 6.56. The van der Waals surface area contributed by atoms with Gasteiger partial charge >= 0.3 is 6.36 Å². The molecule has 3 heterocycles. The van der Waals surface area contributed by atoms with Crippen LogP contribution >= 0.6 is 11.6 Å². The molecule has 0 bridgehead atoms. The number of nitrogens with zero attached hydrogens (tertiary/aromatic N) is 5. The molecule has 1 N–H and O–H groups in total. The van der Waals surface area contributed by atoms with Crippen LogP contribution in [0, 0.1) is 11.3 Å².